The van der Waals surface area contributed by atoms with Crippen LogP contribution in [0.5, 0.6) is 5.75 Å². The van der Waals surface area contributed by atoms with E-state index in [1.807, 2.05) is 30.9 Å². The van der Waals surface area contributed by atoms with Gasteiger partial charge in [0.15, 0.2) is 0 Å². The molecule has 1 aromatic heterocycles. The fourth-order valence-corrected chi connectivity index (χ4v) is 7.63. The molecular weight excluding hydrogens is 682 g/mol. The number of urea groups is 1. The van der Waals surface area contributed by atoms with E-state index in [4.69, 9.17) is 16.3 Å². The predicted octanol–water partition coefficient (Wildman–Crippen LogP) is 7.09. The highest BCUT2D eigenvalue weighted by molar-refractivity contribution is 7.92. The number of fused-ring (bicyclic) bond motifs is 1. The standard InChI is InChI=1S/C36H44ClN5O5S2/c1-23(2)47-31-15-24(22-41-10-12-42(13-11-41)35(44)40(5)6)14-26(20-31)36(3,4)27-18-28(37)21-30(19-27)38-34(43)33-17-25-16-29(39-49(7,45)46)8-9-32(25)48-33/h8-9,14-21,23,39H,10-13,22H2,1-7H3,(H,38,43). The Labute approximate surface area is 298 Å². The van der Waals surface area contributed by atoms with Gasteiger partial charge in [-0.25, -0.2) is 13.2 Å². The van der Waals surface area contributed by atoms with Gasteiger partial charge in [0.1, 0.15) is 5.75 Å². The predicted molar refractivity (Wildman–Crippen MR) is 200 cm³/mol. The molecule has 262 valence electrons. The van der Waals surface area contributed by atoms with Crippen LogP contribution < -0.4 is 14.8 Å². The summed E-state index contributed by atoms with van der Waals surface area (Å²) in [6.45, 7) is 11.9. The second-order valence-corrected chi connectivity index (χ2v) is 16.8. The highest BCUT2D eigenvalue weighted by Gasteiger charge is 2.27. The topological polar surface area (TPSA) is 111 Å². The van der Waals surface area contributed by atoms with Crippen molar-refractivity contribution in [3.63, 3.8) is 0 Å². The summed E-state index contributed by atoms with van der Waals surface area (Å²) in [4.78, 5) is 32.2. The fourth-order valence-electron chi connectivity index (χ4n) is 5.91. The van der Waals surface area contributed by atoms with Crippen molar-refractivity contribution in [2.75, 3.05) is 56.6 Å². The number of anilines is 2. The SMILES string of the molecule is CC(C)Oc1cc(CN2CCN(C(=O)N(C)C)CC2)cc(C(C)(C)c2cc(Cl)cc(NC(=O)c3cc4cc(NS(C)(=O)=O)ccc4s3)c2)c1. The van der Waals surface area contributed by atoms with Crippen molar-refractivity contribution in [1.82, 2.24) is 14.7 Å². The maximum absolute atomic E-state index is 13.4. The first-order valence-electron chi connectivity index (χ1n) is 16.1. The summed E-state index contributed by atoms with van der Waals surface area (Å²) in [7, 11) is 0.134. The van der Waals surface area contributed by atoms with Crippen molar-refractivity contribution >= 4 is 66.4 Å². The van der Waals surface area contributed by atoms with Crippen LogP contribution in [0.1, 0.15) is 54.1 Å². The van der Waals surface area contributed by atoms with Gasteiger partial charge in [0.2, 0.25) is 10.0 Å². The number of rotatable bonds is 10. The second kappa shape index (κ2) is 14.6. The summed E-state index contributed by atoms with van der Waals surface area (Å²) in [5.41, 5.74) is 3.58. The number of carbonyl (C=O) groups excluding carboxylic acids is 2. The van der Waals surface area contributed by atoms with Crippen LogP contribution in [0.25, 0.3) is 10.1 Å². The van der Waals surface area contributed by atoms with Gasteiger partial charge in [-0.15, -0.1) is 11.3 Å². The number of halogens is 1. The second-order valence-electron chi connectivity index (χ2n) is 13.5. The molecule has 1 saturated heterocycles. The first-order valence-corrected chi connectivity index (χ1v) is 19.2. The molecule has 1 aliphatic rings. The molecule has 0 aliphatic carbocycles. The maximum Gasteiger partial charge on any atom is 0.319 e. The number of carbonyl (C=O) groups is 2. The molecule has 13 heteroatoms. The van der Waals surface area contributed by atoms with Crippen molar-refractivity contribution in [3.8, 4) is 5.75 Å². The number of nitrogens with one attached hydrogen (secondary N) is 2. The number of amides is 3. The van der Waals surface area contributed by atoms with Crippen LogP contribution in [-0.2, 0) is 22.0 Å². The van der Waals surface area contributed by atoms with E-state index in [1.165, 1.54) is 11.3 Å². The summed E-state index contributed by atoms with van der Waals surface area (Å²) in [6, 6.07) is 18.9. The molecule has 0 radical (unpaired) electrons. The highest BCUT2D eigenvalue weighted by Crippen LogP contribution is 2.38. The molecule has 10 nitrogen and oxygen atoms in total. The molecule has 2 heterocycles. The zero-order valence-electron chi connectivity index (χ0n) is 29.0. The van der Waals surface area contributed by atoms with Crippen LogP contribution in [0.4, 0.5) is 16.2 Å². The minimum atomic E-state index is -3.42. The largest absolute Gasteiger partial charge is 0.491 e. The molecule has 2 N–H and O–H groups in total. The van der Waals surface area contributed by atoms with Gasteiger partial charge in [0.05, 0.1) is 17.2 Å². The van der Waals surface area contributed by atoms with Gasteiger partial charge < -0.3 is 19.9 Å². The van der Waals surface area contributed by atoms with Crippen molar-refractivity contribution in [3.05, 3.63) is 87.3 Å². The Hall–Kier alpha value is -3.84. The van der Waals surface area contributed by atoms with E-state index in [0.29, 0.717) is 34.4 Å². The molecule has 49 heavy (non-hydrogen) atoms. The third-order valence-corrected chi connectivity index (χ3v) is 10.4. The smallest absolute Gasteiger partial charge is 0.319 e. The molecule has 0 spiro atoms. The Morgan fingerprint density at radius 2 is 1.65 bits per heavy atom. The molecule has 1 fully saturated rings. The van der Waals surface area contributed by atoms with E-state index in [2.05, 4.69) is 47.0 Å². The third kappa shape index (κ3) is 9.24. The van der Waals surface area contributed by atoms with Gasteiger partial charge in [-0.05, 0) is 90.5 Å². The first kappa shape index (κ1) is 36.4. The van der Waals surface area contributed by atoms with E-state index in [9.17, 15) is 18.0 Å². The lowest BCUT2D eigenvalue weighted by atomic mass is 9.77. The Bertz CT molecular complexity index is 1970. The quantitative estimate of drug-likeness (QED) is 0.181. The van der Waals surface area contributed by atoms with Crippen LogP contribution in [0.2, 0.25) is 5.02 Å². The number of ether oxygens (including phenoxy) is 1. The zero-order chi connectivity index (χ0) is 35.7. The van der Waals surface area contributed by atoms with Crippen LogP contribution in [0.15, 0.2) is 60.7 Å². The van der Waals surface area contributed by atoms with Crippen LogP contribution >= 0.6 is 22.9 Å². The number of hydrogen-bond acceptors (Lipinski definition) is 7. The molecule has 3 aromatic carbocycles. The minimum absolute atomic E-state index is 0.00350. The summed E-state index contributed by atoms with van der Waals surface area (Å²) in [5, 5.41) is 4.27. The third-order valence-electron chi connectivity index (χ3n) is 8.41. The Morgan fingerprint density at radius 1 is 0.959 bits per heavy atom. The summed E-state index contributed by atoms with van der Waals surface area (Å²) in [6.07, 6.45) is 1.09. The van der Waals surface area contributed by atoms with Gasteiger partial charge in [-0.2, -0.15) is 0 Å². The lowest BCUT2D eigenvalue weighted by Gasteiger charge is -2.36. The normalized spacial score (nSPS) is 14.3. The highest BCUT2D eigenvalue weighted by atomic mass is 35.5. The lowest BCUT2D eigenvalue weighted by Crippen LogP contribution is -2.51. The molecule has 1 aliphatic heterocycles. The Morgan fingerprint density at radius 3 is 2.31 bits per heavy atom. The molecule has 0 bridgehead atoms. The number of benzene rings is 3. The monoisotopic (exact) mass is 725 g/mol. The van der Waals surface area contributed by atoms with Crippen molar-refractivity contribution in [2.45, 2.75) is 45.8 Å². The van der Waals surface area contributed by atoms with E-state index >= 15 is 0 Å². The van der Waals surface area contributed by atoms with Gasteiger partial charge in [-0.3, -0.25) is 14.4 Å². The van der Waals surface area contributed by atoms with Gasteiger partial charge >= 0.3 is 6.03 Å². The maximum atomic E-state index is 13.4. The van der Waals surface area contributed by atoms with E-state index in [1.54, 1.807) is 49.3 Å². The van der Waals surface area contributed by atoms with Crippen molar-refractivity contribution < 1.29 is 22.7 Å². The van der Waals surface area contributed by atoms with E-state index in [-0.39, 0.29) is 18.0 Å². The van der Waals surface area contributed by atoms with Crippen LogP contribution in [0.3, 0.4) is 0 Å². The number of sulfonamides is 1. The van der Waals surface area contributed by atoms with Gasteiger partial charge in [-0.1, -0.05) is 31.5 Å². The molecule has 5 rings (SSSR count). The molecular formula is C36H44ClN5O5S2. The molecule has 0 atom stereocenters. The Kier molecular flexibility index (Phi) is 10.8. The molecule has 0 unspecified atom stereocenters. The summed E-state index contributed by atoms with van der Waals surface area (Å²) >= 11 is 7.98. The average Bonchev–Trinajstić information content (AvgIpc) is 3.43. The van der Waals surface area contributed by atoms with Crippen molar-refractivity contribution in [1.29, 1.82) is 0 Å². The first-order chi connectivity index (χ1) is 23.0. The van der Waals surface area contributed by atoms with E-state index < -0.39 is 15.4 Å². The molecule has 3 amide bonds. The Balaban J connectivity index is 1.37. The van der Waals surface area contributed by atoms with Gasteiger partial charge in [0, 0.05) is 73.3 Å². The summed E-state index contributed by atoms with van der Waals surface area (Å²) in [5.74, 6) is 0.499. The van der Waals surface area contributed by atoms with E-state index in [0.717, 1.165) is 58.4 Å². The number of piperazine rings is 1. The zero-order valence-corrected chi connectivity index (χ0v) is 31.4. The van der Waals surface area contributed by atoms with Gasteiger partial charge in [0.25, 0.3) is 5.91 Å². The summed E-state index contributed by atoms with van der Waals surface area (Å²) < 4.78 is 32.9. The number of hydrogen-bond donors (Lipinski definition) is 2. The fraction of sp³-hybridized carbons (Fsp3) is 0.389. The number of nitrogens with zero attached hydrogens (tertiary/aromatic N) is 3. The minimum Gasteiger partial charge on any atom is -0.491 e. The lowest BCUT2D eigenvalue weighted by molar-refractivity contribution is 0.103. The average molecular weight is 726 g/mol. The van der Waals surface area contributed by atoms with Crippen LogP contribution in [-0.4, -0.2) is 87.7 Å². The molecule has 0 saturated carbocycles. The van der Waals surface area contributed by atoms with Crippen LogP contribution in [0, 0.1) is 0 Å². The molecule has 4 aromatic rings. The number of thiophene rings is 1. The van der Waals surface area contributed by atoms with Crippen molar-refractivity contribution in [2.24, 2.45) is 0 Å².